The molecule has 3 heteroatoms. The predicted molar refractivity (Wildman–Crippen MR) is 79.8 cm³/mol. The molecule has 0 fully saturated rings. The molecule has 20 heavy (non-hydrogen) atoms. The summed E-state index contributed by atoms with van der Waals surface area (Å²) in [6.07, 6.45) is 2.09. The molecule has 1 aliphatic heterocycles. The first-order valence-electron chi connectivity index (χ1n) is 7.11. The lowest BCUT2D eigenvalue weighted by Gasteiger charge is -2.35. The molecule has 0 saturated heterocycles. The molecule has 0 spiro atoms. The van der Waals surface area contributed by atoms with Crippen LogP contribution in [-0.2, 0) is 6.54 Å². The summed E-state index contributed by atoms with van der Waals surface area (Å²) in [5.74, 6) is 0.141. The zero-order valence-electron chi connectivity index (χ0n) is 12.3. The lowest BCUT2D eigenvalue weighted by Crippen LogP contribution is -2.40. The monoisotopic (exact) mass is 268 g/mol. The first-order chi connectivity index (χ1) is 9.58. The SMILES string of the molecule is Cc1ccc(C(=O)N2CCn3cccc3C2C)c(C)c1. The average molecular weight is 268 g/mol. The van der Waals surface area contributed by atoms with Crippen molar-refractivity contribution < 1.29 is 4.79 Å². The highest BCUT2D eigenvalue weighted by molar-refractivity contribution is 5.96. The third-order valence-electron chi connectivity index (χ3n) is 4.22. The molecule has 1 aromatic heterocycles. The molecule has 2 heterocycles. The van der Waals surface area contributed by atoms with Crippen LogP contribution in [0.15, 0.2) is 36.5 Å². The number of amides is 1. The second-order valence-corrected chi connectivity index (χ2v) is 5.62. The summed E-state index contributed by atoms with van der Waals surface area (Å²) in [5.41, 5.74) is 4.29. The number of carbonyl (C=O) groups excluding carboxylic acids is 1. The van der Waals surface area contributed by atoms with Crippen molar-refractivity contribution in [1.29, 1.82) is 0 Å². The molecule has 3 rings (SSSR count). The molecule has 0 radical (unpaired) electrons. The molecule has 104 valence electrons. The Bertz CT molecular complexity index is 657. The summed E-state index contributed by atoms with van der Waals surface area (Å²) in [7, 11) is 0. The Balaban J connectivity index is 1.92. The van der Waals surface area contributed by atoms with Crippen LogP contribution in [0.4, 0.5) is 0 Å². The van der Waals surface area contributed by atoms with Gasteiger partial charge in [0.25, 0.3) is 5.91 Å². The Hall–Kier alpha value is -2.03. The van der Waals surface area contributed by atoms with Gasteiger partial charge in [-0.1, -0.05) is 17.7 Å². The molecule has 0 saturated carbocycles. The topological polar surface area (TPSA) is 25.2 Å². The first kappa shape index (κ1) is 13.0. The van der Waals surface area contributed by atoms with Crippen LogP contribution in [0.3, 0.4) is 0 Å². The highest BCUT2D eigenvalue weighted by Gasteiger charge is 2.28. The van der Waals surface area contributed by atoms with Gasteiger partial charge in [0.2, 0.25) is 0 Å². The molecule has 0 bridgehead atoms. The van der Waals surface area contributed by atoms with Crippen LogP contribution < -0.4 is 0 Å². The van der Waals surface area contributed by atoms with E-state index in [0.717, 1.165) is 24.2 Å². The number of fused-ring (bicyclic) bond motifs is 1. The quantitative estimate of drug-likeness (QED) is 0.779. The number of aromatic nitrogens is 1. The Labute approximate surface area is 119 Å². The maximum atomic E-state index is 12.8. The smallest absolute Gasteiger partial charge is 0.254 e. The van der Waals surface area contributed by atoms with Crippen molar-refractivity contribution in [2.45, 2.75) is 33.4 Å². The molecule has 1 unspecified atom stereocenters. The van der Waals surface area contributed by atoms with Gasteiger partial charge in [-0.25, -0.2) is 0 Å². The highest BCUT2D eigenvalue weighted by Crippen LogP contribution is 2.27. The van der Waals surface area contributed by atoms with Crippen molar-refractivity contribution in [2.75, 3.05) is 6.54 Å². The maximum Gasteiger partial charge on any atom is 0.254 e. The molecule has 1 aromatic carbocycles. The molecule has 0 aliphatic carbocycles. The van der Waals surface area contributed by atoms with Gasteiger partial charge < -0.3 is 9.47 Å². The van der Waals surface area contributed by atoms with Crippen molar-refractivity contribution in [3.63, 3.8) is 0 Å². The molecule has 2 aromatic rings. The minimum Gasteiger partial charge on any atom is -0.348 e. The Kier molecular flexibility index (Phi) is 3.13. The Morgan fingerprint density at radius 1 is 1.20 bits per heavy atom. The van der Waals surface area contributed by atoms with Gasteiger partial charge in [-0.2, -0.15) is 0 Å². The normalized spacial score (nSPS) is 17.9. The largest absolute Gasteiger partial charge is 0.348 e. The van der Waals surface area contributed by atoms with Crippen molar-refractivity contribution in [2.24, 2.45) is 0 Å². The predicted octanol–water partition coefficient (Wildman–Crippen LogP) is 3.32. The van der Waals surface area contributed by atoms with Crippen LogP contribution >= 0.6 is 0 Å². The van der Waals surface area contributed by atoms with Crippen molar-refractivity contribution in [1.82, 2.24) is 9.47 Å². The fourth-order valence-corrected chi connectivity index (χ4v) is 3.06. The standard InChI is InChI=1S/C17H20N2O/c1-12-6-7-15(13(2)11-12)17(20)19-10-9-18-8-4-5-16(18)14(19)3/h4-8,11,14H,9-10H2,1-3H3. The van der Waals surface area contributed by atoms with Crippen LogP contribution in [0.1, 0.15) is 40.1 Å². The van der Waals surface area contributed by atoms with E-state index in [9.17, 15) is 4.79 Å². The van der Waals surface area contributed by atoms with Crippen LogP contribution in [0, 0.1) is 13.8 Å². The number of rotatable bonds is 1. The molecule has 1 atom stereocenters. The third kappa shape index (κ3) is 2.03. The van der Waals surface area contributed by atoms with Crippen LogP contribution in [-0.4, -0.2) is 21.9 Å². The minimum atomic E-state index is 0.131. The van der Waals surface area contributed by atoms with E-state index < -0.39 is 0 Å². The molecular weight excluding hydrogens is 248 g/mol. The first-order valence-corrected chi connectivity index (χ1v) is 7.11. The van der Waals surface area contributed by atoms with Gasteiger partial charge in [0.05, 0.1) is 6.04 Å². The second kappa shape index (κ2) is 4.82. The van der Waals surface area contributed by atoms with Crippen LogP contribution in [0.2, 0.25) is 0 Å². The zero-order valence-corrected chi connectivity index (χ0v) is 12.3. The molecule has 0 N–H and O–H groups in total. The average Bonchev–Trinajstić information content (AvgIpc) is 2.87. The van der Waals surface area contributed by atoms with E-state index >= 15 is 0 Å². The lowest BCUT2D eigenvalue weighted by atomic mass is 10.0. The number of hydrogen-bond donors (Lipinski definition) is 0. The second-order valence-electron chi connectivity index (χ2n) is 5.62. The summed E-state index contributed by atoms with van der Waals surface area (Å²) in [6, 6.07) is 10.3. The van der Waals surface area contributed by atoms with Gasteiger partial charge in [-0.05, 0) is 44.5 Å². The lowest BCUT2D eigenvalue weighted by molar-refractivity contribution is 0.0643. The van der Waals surface area contributed by atoms with Gasteiger partial charge in [0, 0.05) is 30.5 Å². The number of benzene rings is 1. The molecule has 1 amide bonds. The Morgan fingerprint density at radius 2 is 2.00 bits per heavy atom. The summed E-state index contributed by atoms with van der Waals surface area (Å²) in [6.45, 7) is 7.82. The maximum absolute atomic E-state index is 12.8. The number of hydrogen-bond acceptors (Lipinski definition) is 1. The number of aryl methyl sites for hydroxylation is 2. The highest BCUT2D eigenvalue weighted by atomic mass is 16.2. The van der Waals surface area contributed by atoms with E-state index in [-0.39, 0.29) is 11.9 Å². The molecule has 1 aliphatic rings. The number of nitrogens with zero attached hydrogens (tertiary/aromatic N) is 2. The summed E-state index contributed by atoms with van der Waals surface area (Å²) in [4.78, 5) is 14.8. The van der Waals surface area contributed by atoms with Crippen molar-refractivity contribution in [3.8, 4) is 0 Å². The van der Waals surface area contributed by atoms with Gasteiger partial charge in [0.1, 0.15) is 0 Å². The van der Waals surface area contributed by atoms with E-state index in [4.69, 9.17) is 0 Å². The van der Waals surface area contributed by atoms with Crippen molar-refractivity contribution >= 4 is 5.91 Å². The van der Waals surface area contributed by atoms with Crippen LogP contribution in [0.5, 0.6) is 0 Å². The van der Waals surface area contributed by atoms with E-state index in [1.165, 1.54) is 11.3 Å². The van der Waals surface area contributed by atoms with Gasteiger partial charge in [-0.15, -0.1) is 0 Å². The van der Waals surface area contributed by atoms with Gasteiger partial charge in [0.15, 0.2) is 0 Å². The van der Waals surface area contributed by atoms with E-state index in [0.29, 0.717) is 0 Å². The number of carbonyl (C=O) groups is 1. The fourth-order valence-electron chi connectivity index (χ4n) is 3.06. The summed E-state index contributed by atoms with van der Waals surface area (Å²) in [5, 5.41) is 0. The summed E-state index contributed by atoms with van der Waals surface area (Å²) >= 11 is 0. The van der Waals surface area contributed by atoms with Gasteiger partial charge >= 0.3 is 0 Å². The molecular formula is C17H20N2O. The van der Waals surface area contributed by atoms with E-state index in [2.05, 4.69) is 42.8 Å². The fraction of sp³-hybridized carbons (Fsp3) is 0.353. The third-order valence-corrected chi connectivity index (χ3v) is 4.22. The van der Waals surface area contributed by atoms with Gasteiger partial charge in [-0.3, -0.25) is 4.79 Å². The van der Waals surface area contributed by atoms with Crippen LogP contribution in [0.25, 0.3) is 0 Å². The Morgan fingerprint density at radius 3 is 2.75 bits per heavy atom. The minimum absolute atomic E-state index is 0.131. The van der Waals surface area contributed by atoms with Crippen molar-refractivity contribution in [3.05, 3.63) is 58.9 Å². The summed E-state index contributed by atoms with van der Waals surface area (Å²) < 4.78 is 2.23. The molecule has 3 nitrogen and oxygen atoms in total. The zero-order chi connectivity index (χ0) is 14.3. The van der Waals surface area contributed by atoms with E-state index in [1.54, 1.807) is 0 Å². The van der Waals surface area contributed by atoms with E-state index in [1.807, 2.05) is 24.0 Å².